The zero-order valence-electron chi connectivity index (χ0n) is 15.4. The molecule has 0 aliphatic heterocycles. The van der Waals surface area contributed by atoms with E-state index >= 15 is 0 Å². The van der Waals surface area contributed by atoms with E-state index in [-0.39, 0.29) is 17.8 Å². The van der Waals surface area contributed by atoms with Gasteiger partial charge in [-0.15, -0.1) is 0 Å². The van der Waals surface area contributed by atoms with Crippen molar-refractivity contribution in [3.05, 3.63) is 72.7 Å². The first kappa shape index (κ1) is 19.0. The number of nitrogens with one attached hydrogen (secondary N) is 2. The lowest BCUT2D eigenvalue weighted by Crippen LogP contribution is -2.46. The molecule has 1 saturated carbocycles. The third kappa shape index (κ3) is 4.26. The van der Waals surface area contributed by atoms with Crippen LogP contribution in [0.1, 0.15) is 24.4 Å². The summed E-state index contributed by atoms with van der Waals surface area (Å²) in [6.45, 7) is 0. The van der Waals surface area contributed by atoms with E-state index in [4.69, 9.17) is 0 Å². The van der Waals surface area contributed by atoms with Crippen LogP contribution in [0.2, 0.25) is 0 Å². The molecule has 8 heteroatoms. The summed E-state index contributed by atoms with van der Waals surface area (Å²) in [6, 6.07) is 14.2. The van der Waals surface area contributed by atoms with Gasteiger partial charge in [-0.05, 0) is 36.6 Å². The Labute approximate surface area is 165 Å². The van der Waals surface area contributed by atoms with Crippen molar-refractivity contribution in [2.75, 3.05) is 5.32 Å². The smallest absolute Gasteiger partial charge is 0.335 e. The number of hydrogen-bond donors (Lipinski definition) is 2. The average Bonchev–Trinajstić information content (AvgIpc) is 3.14. The Morgan fingerprint density at radius 2 is 1.83 bits per heavy atom. The Bertz CT molecular complexity index is 994. The number of hydrogen-bond acceptors (Lipinski definition) is 2. The van der Waals surface area contributed by atoms with Gasteiger partial charge in [-0.1, -0.05) is 36.4 Å². The molecule has 150 valence electrons. The first-order valence-corrected chi connectivity index (χ1v) is 9.22. The third-order valence-corrected chi connectivity index (χ3v) is 5.03. The molecular weight excluding hydrogens is 381 g/mol. The predicted octanol–water partition coefficient (Wildman–Crippen LogP) is 5.09. The quantitative estimate of drug-likeness (QED) is 0.641. The standard InChI is InChI=1S/C21H19F3N4O/c22-21(23,24)15-7-4-8-16(9-15)26-20(29)27-17-10-18(11-17)28-13-25-12-19(28)14-5-2-1-3-6-14/h1-9,12-13,17-18H,10-11H2,(H2,26,27,29). The summed E-state index contributed by atoms with van der Waals surface area (Å²) in [5, 5.41) is 5.28. The van der Waals surface area contributed by atoms with Crippen LogP contribution in [0.4, 0.5) is 23.7 Å². The van der Waals surface area contributed by atoms with Gasteiger partial charge in [0.2, 0.25) is 0 Å². The molecule has 4 rings (SSSR count). The zero-order valence-corrected chi connectivity index (χ0v) is 15.4. The van der Waals surface area contributed by atoms with Gasteiger partial charge in [0.25, 0.3) is 0 Å². The summed E-state index contributed by atoms with van der Waals surface area (Å²) in [7, 11) is 0. The molecule has 0 radical (unpaired) electrons. The van der Waals surface area contributed by atoms with Crippen LogP contribution in [0.25, 0.3) is 11.3 Å². The van der Waals surface area contributed by atoms with Crippen LogP contribution in [0, 0.1) is 0 Å². The van der Waals surface area contributed by atoms with Gasteiger partial charge in [0.05, 0.1) is 23.8 Å². The first-order chi connectivity index (χ1) is 13.9. The highest BCUT2D eigenvalue weighted by atomic mass is 19.4. The van der Waals surface area contributed by atoms with Crippen LogP contribution in [0.15, 0.2) is 67.1 Å². The highest BCUT2D eigenvalue weighted by Gasteiger charge is 2.33. The topological polar surface area (TPSA) is 59.0 Å². The molecule has 3 aromatic rings. The number of nitrogens with zero attached hydrogens (tertiary/aromatic N) is 2. The van der Waals surface area contributed by atoms with Gasteiger partial charge in [-0.25, -0.2) is 9.78 Å². The van der Waals surface area contributed by atoms with Crippen LogP contribution in [0.5, 0.6) is 0 Å². The van der Waals surface area contributed by atoms with Crippen LogP contribution < -0.4 is 10.6 Å². The first-order valence-electron chi connectivity index (χ1n) is 9.22. The van der Waals surface area contributed by atoms with Crippen molar-refractivity contribution in [3.8, 4) is 11.3 Å². The summed E-state index contributed by atoms with van der Waals surface area (Å²) in [4.78, 5) is 16.4. The van der Waals surface area contributed by atoms with Gasteiger partial charge in [-0.2, -0.15) is 13.2 Å². The van der Waals surface area contributed by atoms with Gasteiger partial charge >= 0.3 is 12.2 Å². The minimum Gasteiger partial charge on any atom is -0.335 e. The lowest BCUT2D eigenvalue weighted by Gasteiger charge is -2.37. The largest absolute Gasteiger partial charge is 0.416 e. The Hall–Kier alpha value is -3.29. The Balaban J connectivity index is 1.33. The predicted molar refractivity (Wildman–Crippen MR) is 103 cm³/mol. The number of anilines is 1. The molecule has 5 nitrogen and oxygen atoms in total. The maximum Gasteiger partial charge on any atom is 0.416 e. The number of halogens is 3. The van der Waals surface area contributed by atoms with Crippen molar-refractivity contribution in [2.45, 2.75) is 31.1 Å². The lowest BCUT2D eigenvalue weighted by atomic mass is 9.86. The lowest BCUT2D eigenvalue weighted by molar-refractivity contribution is -0.137. The highest BCUT2D eigenvalue weighted by Crippen LogP contribution is 2.36. The van der Waals surface area contributed by atoms with E-state index in [1.54, 1.807) is 6.33 Å². The molecule has 2 N–H and O–H groups in total. The maximum atomic E-state index is 12.8. The zero-order chi connectivity index (χ0) is 20.4. The summed E-state index contributed by atoms with van der Waals surface area (Å²) in [5.74, 6) is 0. The second-order valence-electron chi connectivity index (χ2n) is 7.05. The van der Waals surface area contributed by atoms with E-state index < -0.39 is 17.8 Å². The number of benzene rings is 2. The number of carbonyl (C=O) groups excluding carboxylic acids is 1. The second kappa shape index (κ2) is 7.62. The summed E-state index contributed by atoms with van der Waals surface area (Å²) < 4.78 is 40.4. The molecule has 0 bridgehead atoms. The average molecular weight is 400 g/mol. The van der Waals surface area contributed by atoms with Crippen molar-refractivity contribution in [2.24, 2.45) is 0 Å². The van der Waals surface area contributed by atoms with E-state index in [0.717, 1.165) is 36.2 Å². The fourth-order valence-corrected chi connectivity index (χ4v) is 3.49. The van der Waals surface area contributed by atoms with Crippen molar-refractivity contribution in [3.63, 3.8) is 0 Å². The molecule has 1 aromatic heterocycles. The van der Waals surface area contributed by atoms with Gasteiger partial charge in [-0.3, -0.25) is 0 Å². The monoisotopic (exact) mass is 400 g/mol. The fourth-order valence-electron chi connectivity index (χ4n) is 3.49. The van der Waals surface area contributed by atoms with Gasteiger partial charge in [0.1, 0.15) is 0 Å². The molecule has 0 unspecified atom stereocenters. The molecule has 2 aromatic carbocycles. The van der Waals surface area contributed by atoms with Crippen LogP contribution in [0.3, 0.4) is 0 Å². The summed E-state index contributed by atoms with van der Waals surface area (Å²) in [6.07, 6.45) is 0.609. The second-order valence-corrected chi connectivity index (χ2v) is 7.05. The number of imidazole rings is 1. The molecule has 1 heterocycles. The third-order valence-electron chi connectivity index (χ3n) is 5.03. The van der Waals surface area contributed by atoms with Crippen molar-refractivity contribution < 1.29 is 18.0 Å². The molecule has 1 aliphatic rings. The fraction of sp³-hybridized carbons (Fsp3) is 0.238. The van der Waals surface area contributed by atoms with Crippen molar-refractivity contribution >= 4 is 11.7 Å². The molecule has 1 fully saturated rings. The van der Waals surface area contributed by atoms with E-state index in [2.05, 4.69) is 20.2 Å². The molecule has 0 spiro atoms. The summed E-state index contributed by atoms with van der Waals surface area (Å²) >= 11 is 0. The summed E-state index contributed by atoms with van der Waals surface area (Å²) in [5.41, 5.74) is 1.40. The highest BCUT2D eigenvalue weighted by molar-refractivity contribution is 5.89. The van der Waals surface area contributed by atoms with Crippen molar-refractivity contribution in [1.82, 2.24) is 14.9 Å². The molecule has 2 amide bonds. The maximum absolute atomic E-state index is 12.8. The van der Waals surface area contributed by atoms with E-state index in [1.165, 1.54) is 12.1 Å². The minimum absolute atomic E-state index is 0.0446. The number of urea groups is 1. The molecule has 29 heavy (non-hydrogen) atoms. The Morgan fingerprint density at radius 3 is 2.55 bits per heavy atom. The molecule has 0 atom stereocenters. The number of aromatic nitrogens is 2. The van der Waals surface area contributed by atoms with E-state index in [0.29, 0.717) is 0 Å². The van der Waals surface area contributed by atoms with Gasteiger partial charge in [0.15, 0.2) is 0 Å². The number of amides is 2. The Kier molecular flexibility index (Phi) is 5.00. The molecule has 0 saturated heterocycles. The van der Waals surface area contributed by atoms with Gasteiger partial charge < -0.3 is 15.2 Å². The number of carbonyl (C=O) groups is 1. The number of alkyl halides is 3. The van der Waals surface area contributed by atoms with E-state index in [9.17, 15) is 18.0 Å². The molecular formula is C21H19F3N4O. The molecule has 1 aliphatic carbocycles. The SMILES string of the molecule is O=C(Nc1cccc(C(F)(F)F)c1)NC1CC(n2cncc2-c2ccccc2)C1. The number of rotatable bonds is 4. The Morgan fingerprint density at radius 1 is 1.07 bits per heavy atom. The minimum atomic E-state index is -4.45. The van der Waals surface area contributed by atoms with Crippen LogP contribution in [-0.2, 0) is 6.18 Å². The normalized spacial score (nSPS) is 18.7. The van der Waals surface area contributed by atoms with Gasteiger partial charge in [0, 0.05) is 17.8 Å². The van der Waals surface area contributed by atoms with Crippen LogP contribution >= 0.6 is 0 Å². The van der Waals surface area contributed by atoms with E-state index in [1.807, 2.05) is 36.5 Å². The van der Waals surface area contributed by atoms with Crippen molar-refractivity contribution in [1.29, 1.82) is 0 Å². The van der Waals surface area contributed by atoms with Crippen LogP contribution in [-0.4, -0.2) is 21.6 Å².